The molecule has 1 heterocycles. The molecule has 116 valence electrons. The van der Waals surface area contributed by atoms with Gasteiger partial charge in [0.15, 0.2) is 0 Å². The van der Waals surface area contributed by atoms with Gasteiger partial charge < -0.3 is 5.32 Å². The fourth-order valence-electron chi connectivity index (χ4n) is 2.69. The fourth-order valence-corrected chi connectivity index (χ4v) is 2.69. The van der Waals surface area contributed by atoms with Crippen LogP contribution in [0.2, 0.25) is 0 Å². The lowest BCUT2D eigenvalue weighted by atomic mass is 9.96. The average molecular weight is 290 g/mol. The highest BCUT2D eigenvalue weighted by Gasteiger charge is 2.17. The van der Waals surface area contributed by atoms with Crippen LogP contribution in [0.1, 0.15) is 70.5 Å². The number of allylic oxidation sites excluding steroid dienone is 1. The largest absolute Gasteiger partial charge is 0.353 e. The summed E-state index contributed by atoms with van der Waals surface area (Å²) in [4.78, 5) is 11.8. The molecule has 1 N–H and O–H groups in total. The number of aromatic nitrogens is 3. The maximum Gasteiger partial charge on any atom is 0.244 e. The SMILES string of the molecule is CCCCNC(=O)/C=C(/C)c1cn(C2CCCCC2)nn1. The maximum atomic E-state index is 11.8. The Kier molecular flexibility index (Phi) is 5.96. The summed E-state index contributed by atoms with van der Waals surface area (Å²) < 4.78 is 1.97. The van der Waals surface area contributed by atoms with Gasteiger partial charge in [-0.05, 0) is 31.8 Å². The summed E-state index contributed by atoms with van der Waals surface area (Å²) >= 11 is 0. The Morgan fingerprint density at radius 1 is 1.43 bits per heavy atom. The van der Waals surface area contributed by atoms with E-state index in [9.17, 15) is 4.79 Å². The molecule has 0 saturated heterocycles. The molecule has 0 unspecified atom stereocenters. The second kappa shape index (κ2) is 7.96. The van der Waals surface area contributed by atoms with E-state index in [0.29, 0.717) is 6.04 Å². The standard InChI is InChI=1S/C16H26N4O/c1-3-4-10-17-16(21)11-13(2)15-12-20(19-18-15)14-8-6-5-7-9-14/h11-12,14H,3-10H2,1-2H3,(H,17,21)/b13-11-. The van der Waals surface area contributed by atoms with Gasteiger partial charge in [-0.1, -0.05) is 37.8 Å². The van der Waals surface area contributed by atoms with E-state index in [2.05, 4.69) is 22.6 Å². The minimum atomic E-state index is -0.0480. The van der Waals surface area contributed by atoms with Gasteiger partial charge in [-0.25, -0.2) is 4.68 Å². The molecule has 1 fully saturated rings. The van der Waals surface area contributed by atoms with Crippen LogP contribution in [0.3, 0.4) is 0 Å². The number of unbranched alkanes of at least 4 members (excludes halogenated alkanes) is 1. The van der Waals surface area contributed by atoms with Gasteiger partial charge in [0.05, 0.1) is 12.2 Å². The summed E-state index contributed by atoms with van der Waals surface area (Å²) in [6.45, 7) is 4.75. The number of hydrogen-bond donors (Lipinski definition) is 1. The fraction of sp³-hybridized carbons (Fsp3) is 0.688. The van der Waals surface area contributed by atoms with Crippen molar-refractivity contribution in [2.75, 3.05) is 6.54 Å². The van der Waals surface area contributed by atoms with Gasteiger partial charge >= 0.3 is 0 Å². The number of carbonyl (C=O) groups is 1. The van der Waals surface area contributed by atoms with E-state index in [-0.39, 0.29) is 5.91 Å². The number of nitrogens with zero attached hydrogens (tertiary/aromatic N) is 3. The van der Waals surface area contributed by atoms with E-state index in [0.717, 1.165) is 30.7 Å². The van der Waals surface area contributed by atoms with Gasteiger partial charge in [0.25, 0.3) is 0 Å². The van der Waals surface area contributed by atoms with Crippen molar-refractivity contribution in [3.63, 3.8) is 0 Å². The Morgan fingerprint density at radius 2 is 2.19 bits per heavy atom. The quantitative estimate of drug-likeness (QED) is 0.647. The molecule has 1 saturated carbocycles. The molecular weight excluding hydrogens is 264 g/mol. The molecule has 0 atom stereocenters. The van der Waals surface area contributed by atoms with Crippen molar-refractivity contribution in [2.24, 2.45) is 0 Å². The third-order valence-corrected chi connectivity index (χ3v) is 4.04. The minimum Gasteiger partial charge on any atom is -0.353 e. The van der Waals surface area contributed by atoms with Gasteiger partial charge in [0.1, 0.15) is 5.69 Å². The molecule has 0 aliphatic heterocycles. The molecule has 21 heavy (non-hydrogen) atoms. The molecular formula is C16H26N4O. The Labute approximate surface area is 126 Å². The molecule has 1 aliphatic rings. The number of nitrogens with one attached hydrogen (secondary N) is 1. The number of carbonyl (C=O) groups excluding carboxylic acids is 1. The predicted octanol–water partition coefficient (Wildman–Crippen LogP) is 3.10. The molecule has 0 spiro atoms. The third kappa shape index (κ3) is 4.69. The molecule has 1 aromatic rings. The van der Waals surface area contributed by atoms with E-state index in [1.165, 1.54) is 32.1 Å². The van der Waals surface area contributed by atoms with Gasteiger partial charge in [-0.3, -0.25) is 4.79 Å². The average Bonchev–Trinajstić information content (AvgIpc) is 2.98. The summed E-state index contributed by atoms with van der Waals surface area (Å²) in [5.74, 6) is -0.0480. The number of amides is 1. The molecule has 1 aromatic heterocycles. The summed E-state index contributed by atoms with van der Waals surface area (Å²) in [6.07, 6.45) is 11.9. The molecule has 1 aliphatic carbocycles. The number of hydrogen-bond acceptors (Lipinski definition) is 3. The van der Waals surface area contributed by atoms with Crippen molar-refractivity contribution in [1.29, 1.82) is 0 Å². The molecule has 0 radical (unpaired) electrons. The Bertz CT molecular complexity index is 486. The molecule has 2 rings (SSSR count). The van der Waals surface area contributed by atoms with Gasteiger partial charge in [0.2, 0.25) is 5.91 Å². The van der Waals surface area contributed by atoms with Gasteiger partial charge in [0, 0.05) is 12.6 Å². The van der Waals surface area contributed by atoms with Crippen LogP contribution >= 0.6 is 0 Å². The highest BCUT2D eigenvalue weighted by atomic mass is 16.1. The topological polar surface area (TPSA) is 59.8 Å². The lowest BCUT2D eigenvalue weighted by Crippen LogP contribution is -2.22. The highest BCUT2D eigenvalue weighted by Crippen LogP contribution is 2.27. The highest BCUT2D eigenvalue weighted by molar-refractivity contribution is 5.94. The van der Waals surface area contributed by atoms with Crippen molar-refractivity contribution < 1.29 is 4.79 Å². The van der Waals surface area contributed by atoms with Crippen molar-refractivity contribution in [3.05, 3.63) is 18.0 Å². The first-order valence-corrected chi connectivity index (χ1v) is 8.09. The van der Waals surface area contributed by atoms with Crippen molar-refractivity contribution >= 4 is 11.5 Å². The first-order valence-electron chi connectivity index (χ1n) is 8.09. The van der Waals surface area contributed by atoms with E-state index >= 15 is 0 Å². The zero-order chi connectivity index (χ0) is 15.1. The van der Waals surface area contributed by atoms with Crippen LogP contribution in [0.5, 0.6) is 0 Å². The first kappa shape index (κ1) is 15.7. The molecule has 5 heteroatoms. The van der Waals surface area contributed by atoms with E-state index < -0.39 is 0 Å². The second-order valence-corrected chi connectivity index (χ2v) is 5.85. The van der Waals surface area contributed by atoms with E-state index in [1.54, 1.807) is 6.08 Å². The summed E-state index contributed by atoms with van der Waals surface area (Å²) in [5, 5.41) is 11.3. The molecule has 0 aromatic carbocycles. The Balaban J connectivity index is 1.94. The summed E-state index contributed by atoms with van der Waals surface area (Å²) in [7, 11) is 0. The van der Waals surface area contributed by atoms with Crippen LogP contribution in [0.25, 0.3) is 5.57 Å². The van der Waals surface area contributed by atoms with Gasteiger partial charge in [-0.15, -0.1) is 5.10 Å². The smallest absolute Gasteiger partial charge is 0.244 e. The molecule has 1 amide bonds. The van der Waals surface area contributed by atoms with E-state index in [4.69, 9.17) is 0 Å². The van der Waals surface area contributed by atoms with Crippen molar-refractivity contribution in [1.82, 2.24) is 20.3 Å². The zero-order valence-corrected chi connectivity index (χ0v) is 13.1. The number of rotatable bonds is 6. The van der Waals surface area contributed by atoms with Crippen LogP contribution in [-0.2, 0) is 4.79 Å². The lowest BCUT2D eigenvalue weighted by Gasteiger charge is -2.20. The van der Waals surface area contributed by atoms with E-state index in [1.807, 2.05) is 17.8 Å². The summed E-state index contributed by atoms with van der Waals surface area (Å²) in [6, 6.07) is 0.478. The van der Waals surface area contributed by atoms with Crippen molar-refractivity contribution in [2.45, 2.75) is 64.8 Å². The zero-order valence-electron chi connectivity index (χ0n) is 13.1. The Hall–Kier alpha value is -1.65. The Morgan fingerprint density at radius 3 is 2.90 bits per heavy atom. The molecule has 0 bridgehead atoms. The normalized spacial score (nSPS) is 17.0. The minimum absolute atomic E-state index is 0.0480. The lowest BCUT2D eigenvalue weighted by molar-refractivity contribution is -0.116. The van der Waals surface area contributed by atoms with Crippen LogP contribution in [-0.4, -0.2) is 27.4 Å². The van der Waals surface area contributed by atoms with Crippen molar-refractivity contribution in [3.8, 4) is 0 Å². The predicted molar refractivity (Wildman–Crippen MR) is 83.7 cm³/mol. The van der Waals surface area contributed by atoms with Crippen LogP contribution < -0.4 is 5.32 Å². The summed E-state index contributed by atoms with van der Waals surface area (Å²) in [5.41, 5.74) is 1.66. The van der Waals surface area contributed by atoms with Crippen LogP contribution in [0, 0.1) is 0 Å². The third-order valence-electron chi connectivity index (χ3n) is 4.04. The second-order valence-electron chi connectivity index (χ2n) is 5.85. The maximum absolute atomic E-state index is 11.8. The first-order chi connectivity index (χ1) is 10.2. The monoisotopic (exact) mass is 290 g/mol. The van der Waals surface area contributed by atoms with Gasteiger partial charge in [-0.2, -0.15) is 0 Å². The molecule has 5 nitrogen and oxygen atoms in total. The van der Waals surface area contributed by atoms with Crippen LogP contribution in [0.15, 0.2) is 12.3 Å². The van der Waals surface area contributed by atoms with Crippen LogP contribution in [0.4, 0.5) is 0 Å².